The van der Waals surface area contributed by atoms with Gasteiger partial charge in [-0.3, -0.25) is 0 Å². The lowest BCUT2D eigenvalue weighted by atomic mass is 9.56. The lowest BCUT2D eigenvalue weighted by Crippen LogP contribution is -2.68. The second kappa shape index (κ2) is 4.75. The van der Waals surface area contributed by atoms with Gasteiger partial charge in [0.05, 0.1) is 6.42 Å². The van der Waals surface area contributed by atoms with E-state index in [0.717, 1.165) is 0 Å². The molecular weight excluding hydrogens is 319 g/mol. The fourth-order valence-electron chi connectivity index (χ4n) is 3.54. The van der Waals surface area contributed by atoms with Gasteiger partial charge in [-0.2, -0.15) is 35.1 Å². The van der Waals surface area contributed by atoms with Gasteiger partial charge in [-0.05, 0) is 18.8 Å². The summed E-state index contributed by atoms with van der Waals surface area (Å²) in [5.74, 6) is -25.5. The molecule has 2 saturated carbocycles. The first-order valence-corrected chi connectivity index (χ1v) is 7.15. The standard InChI is InChI=1S/C13H17BF8/c1-9(14)4-2-7(3-5-9)8-12(19,20)10(15,16)6-11(17,18)13(8,21)22/h7-8H,2-6,14H2,1H3. The van der Waals surface area contributed by atoms with Crippen LogP contribution in [0.2, 0.25) is 5.31 Å². The van der Waals surface area contributed by atoms with Gasteiger partial charge >= 0.3 is 23.7 Å². The van der Waals surface area contributed by atoms with Crippen molar-refractivity contribution in [3.8, 4) is 0 Å². The van der Waals surface area contributed by atoms with Gasteiger partial charge in [0.25, 0.3) is 0 Å². The highest BCUT2D eigenvalue weighted by Crippen LogP contribution is 2.64. The molecule has 0 atom stereocenters. The summed E-state index contributed by atoms with van der Waals surface area (Å²) in [6.45, 7) is 1.80. The van der Waals surface area contributed by atoms with Crippen molar-refractivity contribution < 1.29 is 35.1 Å². The molecule has 0 spiro atoms. The Morgan fingerprint density at radius 2 is 1.14 bits per heavy atom. The van der Waals surface area contributed by atoms with Gasteiger partial charge in [0.15, 0.2) is 0 Å². The van der Waals surface area contributed by atoms with Crippen molar-refractivity contribution in [2.24, 2.45) is 11.8 Å². The van der Waals surface area contributed by atoms with Crippen LogP contribution in [0, 0.1) is 11.8 Å². The molecule has 0 N–H and O–H groups in total. The molecule has 128 valence electrons. The molecule has 0 unspecified atom stereocenters. The topological polar surface area (TPSA) is 0 Å². The third-order valence-corrected chi connectivity index (χ3v) is 5.06. The van der Waals surface area contributed by atoms with E-state index in [1.165, 1.54) is 0 Å². The highest BCUT2D eigenvalue weighted by Gasteiger charge is 2.82. The SMILES string of the molecule is BC1(C)CCC(C2C(F)(F)C(F)(F)CC(F)(F)C2(F)F)CC1. The predicted octanol–water partition coefficient (Wildman–Crippen LogP) is 4.55. The second-order valence-corrected chi connectivity index (χ2v) is 7.31. The average molecular weight is 336 g/mol. The monoisotopic (exact) mass is 336 g/mol. The van der Waals surface area contributed by atoms with Gasteiger partial charge in [0, 0.05) is 0 Å². The van der Waals surface area contributed by atoms with E-state index in [-0.39, 0.29) is 31.0 Å². The van der Waals surface area contributed by atoms with Crippen LogP contribution in [0.15, 0.2) is 0 Å². The van der Waals surface area contributed by atoms with Crippen LogP contribution in [0.5, 0.6) is 0 Å². The highest BCUT2D eigenvalue weighted by molar-refractivity contribution is 6.14. The van der Waals surface area contributed by atoms with Crippen molar-refractivity contribution in [1.82, 2.24) is 0 Å². The Morgan fingerprint density at radius 1 is 0.773 bits per heavy atom. The van der Waals surface area contributed by atoms with Crippen LogP contribution in [-0.2, 0) is 0 Å². The molecule has 0 saturated heterocycles. The molecule has 0 bridgehead atoms. The fraction of sp³-hybridized carbons (Fsp3) is 1.00. The van der Waals surface area contributed by atoms with E-state index in [4.69, 9.17) is 0 Å². The minimum Gasteiger partial charge on any atom is -0.200 e. The number of alkyl halides is 8. The molecule has 0 aromatic carbocycles. The van der Waals surface area contributed by atoms with Gasteiger partial charge in [-0.15, -0.1) is 0 Å². The Hall–Kier alpha value is -0.495. The number of hydrogen-bond acceptors (Lipinski definition) is 0. The maximum atomic E-state index is 13.9. The van der Waals surface area contributed by atoms with Gasteiger partial charge in [-0.25, -0.2) is 0 Å². The van der Waals surface area contributed by atoms with Crippen molar-refractivity contribution in [3.63, 3.8) is 0 Å². The highest BCUT2D eigenvalue weighted by atomic mass is 19.3. The first-order chi connectivity index (χ1) is 9.64. The maximum Gasteiger partial charge on any atom is 0.319 e. The zero-order chi connectivity index (χ0) is 17.2. The summed E-state index contributed by atoms with van der Waals surface area (Å²) in [6.07, 6.45) is -2.67. The molecule has 0 aliphatic heterocycles. The molecular formula is C13H17BF8. The molecule has 0 aromatic heterocycles. The third-order valence-electron chi connectivity index (χ3n) is 5.06. The Labute approximate surface area is 124 Å². The zero-order valence-corrected chi connectivity index (χ0v) is 12.2. The number of hydrogen-bond donors (Lipinski definition) is 0. The first kappa shape index (κ1) is 17.9. The van der Waals surface area contributed by atoms with E-state index in [1.54, 1.807) is 14.8 Å². The van der Waals surface area contributed by atoms with Crippen molar-refractivity contribution in [2.45, 2.75) is 68.0 Å². The maximum absolute atomic E-state index is 13.9. The van der Waals surface area contributed by atoms with Crippen LogP contribution in [0.1, 0.15) is 39.0 Å². The van der Waals surface area contributed by atoms with Gasteiger partial charge < -0.3 is 0 Å². The van der Waals surface area contributed by atoms with E-state index < -0.39 is 41.9 Å². The summed E-state index contributed by atoms with van der Waals surface area (Å²) >= 11 is 0. The van der Waals surface area contributed by atoms with E-state index in [0.29, 0.717) is 0 Å². The molecule has 9 heteroatoms. The van der Waals surface area contributed by atoms with Crippen LogP contribution >= 0.6 is 0 Å². The van der Waals surface area contributed by atoms with Crippen molar-refractivity contribution in [1.29, 1.82) is 0 Å². The van der Waals surface area contributed by atoms with E-state index in [2.05, 4.69) is 0 Å². The summed E-state index contributed by atoms with van der Waals surface area (Å²) in [4.78, 5) is 0. The van der Waals surface area contributed by atoms with Crippen LogP contribution in [-0.4, -0.2) is 31.5 Å². The van der Waals surface area contributed by atoms with E-state index in [9.17, 15) is 35.1 Å². The Balaban J connectivity index is 2.40. The number of rotatable bonds is 1. The molecule has 0 heterocycles. The molecule has 0 aromatic rings. The first-order valence-electron chi connectivity index (χ1n) is 7.15. The molecule has 2 aliphatic rings. The van der Waals surface area contributed by atoms with Crippen LogP contribution in [0.3, 0.4) is 0 Å². The normalized spacial score (nSPS) is 40.3. The second-order valence-electron chi connectivity index (χ2n) is 7.31. The number of halogens is 8. The molecule has 2 fully saturated rings. The van der Waals surface area contributed by atoms with E-state index >= 15 is 0 Å². The van der Waals surface area contributed by atoms with Gasteiger partial charge in [0.2, 0.25) is 0 Å². The fourth-order valence-corrected chi connectivity index (χ4v) is 3.54. The lowest BCUT2D eigenvalue weighted by molar-refractivity contribution is -0.386. The third kappa shape index (κ3) is 2.52. The molecule has 2 rings (SSSR count). The van der Waals surface area contributed by atoms with Crippen molar-refractivity contribution in [3.05, 3.63) is 0 Å². The molecule has 2 aliphatic carbocycles. The Morgan fingerprint density at radius 3 is 1.50 bits per heavy atom. The molecule has 0 amide bonds. The smallest absolute Gasteiger partial charge is 0.200 e. The summed E-state index contributed by atoms with van der Waals surface area (Å²) < 4.78 is 109. The van der Waals surface area contributed by atoms with Crippen molar-refractivity contribution in [2.75, 3.05) is 0 Å². The summed E-state index contributed by atoms with van der Waals surface area (Å²) in [5, 5.41) is -0.291. The summed E-state index contributed by atoms with van der Waals surface area (Å²) in [5.41, 5.74) is 0. The molecule has 0 nitrogen and oxygen atoms in total. The Bertz CT molecular complexity index is 409. The minimum absolute atomic E-state index is 0.186. The minimum atomic E-state index is -5.15. The average Bonchev–Trinajstić information content (AvgIpc) is 2.28. The lowest BCUT2D eigenvalue weighted by Gasteiger charge is -2.50. The summed E-state index contributed by atoms with van der Waals surface area (Å²) in [7, 11) is 1.80. The van der Waals surface area contributed by atoms with Crippen LogP contribution in [0.25, 0.3) is 0 Å². The quantitative estimate of drug-likeness (QED) is 0.487. The van der Waals surface area contributed by atoms with Crippen molar-refractivity contribution >= 4 is 7.85 Å². The van der Waals surface area contributed by atoms with Gasteiger partial charge in [-0.1, -0.05) is 25.1 Å². The Kier molecular flexibility index (Phi) is 3.86. The molecule has 0 radical (unpaired) electrons. The molecule has 22 heavy (non-hydrogen) atoms. The zero-order valence-electron chi connectivity index (χ0n) is 12.2. The summed E-state index contributed by atoms with van der Waals surface area (Å²) in [6, 6.07) is 0. The van der Waals surface area contributed by atoms with Crippen LogP contribution < -0.4 is 0 Å². The van der Waals surface area contributed by atoms with Crippen LogP contribution in [0.4, 0.5) is 35.1 Å². The largest absolute Gasteiger partial charge is 0.319 e. The van der Waals surface area contributed by atoms with Gasteiger partial charge in [0.1, 0.15) is 13.8 Å². The van der Waals surface area contributed by atoms with E-state index in [1.807, 2.05) is 0 Å². The predicted molar refractivity (Wildman–Crippen MR) is 66.8 cm³/mol.